The van der Waals surface area contributed by atoms with E-state index in [2.05, 4.69) is 10.0 Å². The predicted molar refractivity (Wildman–Crippen MR) is 95.2 cm³/mol. The van der Waals surface area contributed by atoms with Gasteiger partial charge >= 0.3 is 6.18 Å². The summed E-state index contributed by atoms with van der Waals surface area (Å²) >= 11 is 0. The number of benzene rings is 2. The number of methoxy groups -OCH3 is 1. The number of carbonyl (C=O) groups is 1. The number of ether oxygens (including phenoxy) is 1. The molecule has 1 amide bonds. The molecule has 0 saturated heterocycles. The number of hydrogen-bond donors (Lipinski definition) is 2. The number of alkyl halides is 3. The van der Waals surface area contributed by atoms with Gasteiger partial charge in [0, 0.05) is 5.69 Å². The fourth-order valence-corrected chi connectivity index (χ4v) is 2.83. The van der Waals surface area contributed by atoms with Crippen molar-refractivity contribution in [2.75, 3.05) is 23.4 Å². The average molecular weight is 402 g/mol. The van der Waals surface area contributed by atoms with Gasteiger partial charge in [-0.1, -0.05) is 12.1 Å². The first-order chi connectivity index (χ1) is 12.5. The zero-order valence-corrected chi connectivity index (χ0v) is 15.2. The summed E-state index contributed by atoms with van der Waals surface area (Å²) in [6.45, 7) is 0. The van der Waals surface area contributed by atoms with Crippen molar-refractivity contribution in [3.63, 3.8) is 0 Å². The number of halogens is 3. The highest BCUT2D eigenvalue weighted by atomic mass is 32.2. The molecule has 0 radical (unpaired) electrons. The largest absolute Gasteiger partial charge is 0.495 e. The number of rotatable bonds is 6. The molecule has 0 bridgehead atoms. The highest BCUT2D eigenvalue weighted by molar-refractivity contribution is 7.92. The topological polar surface area (TPSA) is 84.5 Å². The number of sulfonamides is 1. The Morgan fingerprint density at radius 3 is 2.26 bits per heavy atom. The molecular weight excluding hydrogens is 385 g/mol. The summed E-state index contributed by atoms with van der Waals surface area (Å²) in [5.41, 5.74) is 0.0630. The van der Waals surface area contributed by atoms with Crippen LogP contribution >= 0.6 is 0 Å². The molecule has 10 heteroatoms. The zero-order valence-electron chi connectivity index (χ0n) is 14.4. The molecule has 27 heavy (non-hydrogen) atoms. The number of hydrogen-bond acceptors (Lipinski definition) is 4. The Labute approximate surface area is 154 Å². The van der Waals surface area contributed by atoms with Gasteiger partial charge in [-0.05, 0) is 35.9 Å². The van der Waals surface area contributed by atoms with E-state index in [1.165, 1.54) is 37.4 Å². The fraction of sp³-hybridized carbons (Fsp3) is 0.235. The first-order valence-electron chi connectivity index (χ1n) is 7.60. The Morgan fingerprint density at radius 1 is 1.11 bits per heavy atom. The lowest BCUT2D eigenvalue weighted by Gasteiger charge is -2.12. The van der Waals surface area contributed by atoms with Gasteiger partial charge in [-0.15, -0.1) is 0 Å². The fourth-order valence-electron chi connectivity index (χ4n) is 2.27. The Balaban J connectivity index is 2.10. The maximum absolute atomic E-state index is 12.5. The van der Waals surface area contributed by atoms with Gasteiger partial charge in [0.1, 0.15) is 5.75 Å². The third kappa shape index (κ3) is 6.17. The minimum atomic E-state index is -4.44. The lowest BCUT2D eigenvalue weighted by atomic mass is 10.1. The van der Waals surface area contributed by atoms with Crippen LogP contribution in [0.2, 0.25) is 0 Å². The van der Waals surface area contributed by atoms with E-state index in [9.17, 15) is 26.4 Å². The van der Waals surface area contributed by atoms with E-state index in [0.717, 1.165) is 18.4 Å². The van der Waals surface area contributed by atoms with Crippen LogP contribution in [0.1, 0.15) is 11.1 Å². The second-order valence-electron chi connectivity index (χ2n) is 5.71. The van der Waals surface area contributed by atoms with Crippen LogP contribution in [0.3, 0.4) is 0 Å². The smallest absolute Gasteiger partial charge is 0.416 e. The molecule has 2 rings (SSSR count). The Hall–Kier alpha value is -2.75. The molecule has 6 nitrogen and oxygen atoms in total. The molecule has 0 atom stereocenters. The summed E-state index contributed by atoms with van der Waals surface area (Å²) in [5, 5.41) is 2.56. The van der Waals surface area contributed by atoms with E-state index in [0.29, 0.717) is 11.3 Å². The molecule has 2 aromatic carbocycles. The van der Waals surface area contributed by atoms with E-state index in [1.54, 1.807) is 0 Å². The van der Waals surface area contributed by atoms with Crippen LogP contribution in [0.25, 0.3) is 0 Å². The summed E-state index contributed by atoms with van der Waals surface area (Å²) in [6.07, 6.45) is -3.60. The summed E-state index contributed by atoms with van der Waals surface area (Å²) in [7, 11) is -2.19. The Morgan fingerprint density at radius 2 is 1.74 bits per heavy atom. The van der Waals surface area contributed by atoms with Crippen molar-refractivity contribution in [1.29, 1.82) is 0 Å². The first kappa shape index (κ1) is 20.6. The van der Waals surface area contributed by atoms with Crippen LogP contribution in [0.5, 0.6) is 5.75 Å². The molecule has 0 aliphatic carbocycles. The highest BCUT2D eigenvalue weighted by Crippen LogP contribution is 2.30. The van der Waals surface area contributed by atoms with Crippen LogP contribution in [-0.4, -0.2) is 27.7 Å². The number of nitrogens with one attached hydrogen (secondary N) is 2. The standard InChI is InChI=1S/C17H17F3N2O4S/c1-26-15-8-7-13(10-14(15)22-27(2,24)25)21-16(23)9-11-3-5-12(6-4-11)17(18,19)20/h3-8,10,22H,9H2,1-2H3,(H,21,23). The van der Waals surface area contributed by atoms with Gasteiger partial charge in [0.25, 0.3) is 0 Å². The second kappa shape index (κ2) is 7.87. The quantitative estimate of drug-likeness (QED) is 0.777. The third-order valence-corrected chi connectivity index (χ3v) is 4.02. The van der Waals surface area contributed by atoms with Gasteiger partial charge in [0.05, 0.1) is 31.0 Å². The van der Waals surface area contributed by atoms with Gasteiger partial charge in [-0.2, -0.15) is 13.2 Å². The molecule has 0 spiro atoms. The van der Waals surface area contributed by atoms with E-state index in [1.807, 2.05) is 0 Å². The first-order valence-corrected chi connectivity index (χ1v) is 9.49. The molecule has 0 aliphatic rings. The SMILES string of the molecule is COc1ccc(NC(=O)Cc2ccc(C(F)(F)F)cc2)cc1NS(C)(=O)=O. The lowest BCUT2D eigenvalue weighted by molar-refractivity contribution is -0.137. The average Bonchev–Trinajstić information content (AvgIpc) is 2.53. The molecule has 146 valence electrons. The Bertz CT molecular complexity index is 926. The Kier molecular flexibility index (Phi) is 5.99. The third-order valence-electron chi connectivity index (χ3n) is 3.42. The van der Waals surface area contributed by atoms with E-state index < -0.39 is 27.7 Å². The van der Waals surface area contributed by atoms with Crippen molar-refractivity contribution in [2.24, 2.45) is 0 Å². The van der Waals surface area contributed by atoms with Gasteiger partial charge in [0.15, 0.2) is 0 Å². The highest BCUT2D eigenvalue weighted by Gasteiger charge is 2.29. The van der Waals surface area contributed by atoms with E-state index in [4.69, 9.17) is 4.74 Å². The van der Waals surface area contributed by atoms with E-state index >= 15 is 0 Å². The van der Waals surface area contributed by atoms with Crippen molar-refractivity contribution < 1.29 is 31.1 Å². The van der Waals surface area contributed by atoms with Crippen molar-refractivity contribution >= 4 is 27.3 Å². The van der Waals surface area contributed by atoms with Crippen molar-refractivity contribution in [3.05, 3.63) is 53.6 Å². The number of amides is 1. The molecule has 2 N–H and O–H groups in total. The van der Waals surface area contributed by atoms with Crippen molar-refractivity contribution in [1.82, 2.24) is 0 Å². The van der Waals surface area contributed by atoms with Crippen LogP contribution in [0, 0.1) is 0 Å². The number of anilines is 2. The van der Waals surface area contributed by atoms with Crippen LogP contribution in [0.4, 0.5) is 24.5 Å². The molecular formula is C17H17F3N2O4S. The van der Waals surface area contributed by atoms with Crippen LogP contribution in [-0.2, 0) is 27.4 Å². The second-order valence-corrected chi connectivity index (χ2v) is 7.46. The van der Waals surface area contributed by atoms with Crippen molar-refractivity contribution in [3.8, 4) is 5.75 Å². The van der Waals surface area contributed by atoms with Gasteiger partial charge in [-0.3, -0.25) is 9.52 Å². The molecule has 0 heterocycles. The molecule has 0 saturated carbocycles. The molecule has 2 aromatic rings. The monoisotopic (exact) mass is 402 g/mol. The lowest BCUT2D eigenvalue weighted by Crippen LogP contribution is -2.15. The van der Waals surface area contributed by atoms with Gasteiger partial charge in [0.2, 0.25) is 15.9 Å². The predicted octanol–water partition coefficient (Wildman–Crippen LogP) is 3.27. The maximum Gasteiger partial charge on any atom is 0.416 e. The van der Waals surface area contributed by atoms with Crippen molar-refractivity contribution in [2.45, 2.75) is 12.6 Å². The molecule has 0 aromatic heterocycles. The van der Waals surface area contributed by atoms with Crippen LogP contribution in [0.15, 0.2) is 42.5 Å². The normalized spacial score (nSPS) is 11.7. The molecule has 0 unspecified atom stereocenters. The molecule has 0 fully saturated rings. The number of carbonyl (C=O) groups excluding carboxylic acids is 1. The summed E-state index contributed by atoms with van der Waals surface area (Å²) in [6, 6.07) is 8.64. The summed E-state index contributed by atoms with van der Waals surface area (Å²) in [5.74, 6) is -0.202. The zero-order chi connectivity index (χ0) is 20.2. The summed E-state index contributed by atoms with van der Waals surface area (Å²) < 4.78 is 67.8. The maximum atomic E-state index is 12.5. The van der Waals surface area contributed by atoms with Gasteiger partial charge in [-0.25, -0.2) is 8.42 Å². The summed E-state index contributed by atoms with van der Waals surface area (Å²) in [4.78, 5) is 12.1. The van der Waals surface area contributed by atoms with Crippen LogP contribution < -0.4 is 14.8 Å². The van der Waals surface area contributed by atoms with Gasteiger partial charge < -0.3 is 10.1 Å². The minimum Gasteiger partial charge on any atom is -0.495 e. The minimum absolute atomic E-state index is 0.140. The van der Waals surface area contributed by atoms with E-state index in [-0.39, 0.29) is 17.9 Å². The molecule has 0 aliphatic heterocycles.